The summed E-state index contributed by atoms with van der Waals surface area (Å²) in [5.41, 5.74) is -0.0713. The molecule has 2 rings (SSSR count). The molecule has 4 nitrogen and oxygen atoms in total. The van der Waals surface area contributed by atoms with E-state index >= 15 is 0 Å². The topological polar surface area (TPSA) is 51.5 Å². The van der Waals surface area contributed by atoms with Crippen molar-refractivity contribution in [2.75, 3.05) is 0 Å². The van der Waals surface area contributed by atoms with E-state index in [1.54, 1.807) is 56.7 Å². The smallest absolute Gasteiger partial charge is 0.263 e. The molecule has 1 heterocycles. The second-order valence-electron chi connectivity index (χ2n) is 4.88. The Morgan fingerprint density at radius 1 is 1.30 bits per heavy atom. The second-order valence-corrected chi connectivity index (χ2v) is 5.32. The van der Waals surface area contributed by atoms with Gasteiger partial charge >= 0.3 is 0 Å². The first-order valence-corrected chi connectivity index (χ1v) is 6.59. The first-order chi connectivity index (χ1) is 9.47. The van der Waals surface area contributed by atoms with E-state index in [2.05, 4.69) is 5.32 Å². The van der Waals surface area contributed by atoms with Gasteiger partial charge in [0.25, 0.3) is 5.91 Å². The number of hydrogen-bond acceptors (Lipinski definition) is 3. The van der Waals surface area contributed by atoms with Crippen LogP contribution < -0.4 is 10.1 Å². The van der Waals surface area contributed by atoms with E-state index in [0.29, 0.717) is 17.3 Å². The van der Waals surface area contributed by atoms with Crippen LogP contribution in [-0.2, 0) is 11.3 Å². The summed E-state index contributed by atoms with van der Waals surface area (Å²) in [5, 5.41) is 3.43. The summed E-state index contributed by atoms with van der Waals surface area (Å²) in [4.78, 5) is 12.1. The predicted octanol–water partition coefficient (Wildman–Crippen LogP) is 3.41. The maximum atomic E-state index is 12.1. The van der Waals surface area contributed by atoms with Crippen LogP contribution >= 0.6 is 11.6 Å². The van der Waals surface area contributed by atoms with E-state index in [9.17, 15) is 4.79 Å². The van der Waals surface area contributed by atoms with Gasteiger partial charge in [-0.2, -0.15) is 0 Å². The van der Waals surface area contributed by atoms with Gasteiger partial charge in [0.2, 0.25) is 0 Å². The second kappa shape index (κ2) is 6.01. The Bertz CT molecular complexity index is 561. The van der Waals surface area contributed by atoms with E-state index in [1.807, 2.05) is 0 Å². The van der Waals surface area contributed by atoms with Gasteiger partial charge < -0.3 is 14.5 Å². The molecule has 0 fully saturated rings. The summed E-state index contributed by atoms with van der Waals surface area (Å²) in [6.07, 6.45) is 3.16. The van der Waals surface area contributed by atoms with Crippen molar-refractivity contribution < 1.29 is 13.9 Å². The fourth-order valence-corrected chi connectivity index (χ4v) is 1.76. The van der Waals surface area contributed by atoms with Gasteiger partial charge in [-0.15, -0.1) is 0 Å². The molecule has 1 aromatic heterocycles. The summed E-state index contributed by atoms with van der Waals surface area (Å²) in [6, 6.07) is 8.70. The molecule has 0 radical (unpaired) electrons. The minimum atomic E-state index is -0.975. The minimum absolute atomic E-state index is 0.200. The molecule has 106 valence electrons. The lowest BCUT2D eigenvalue weighted by Crippen LogP contribution is -2.46. The lowest BCUT2D eigenvalue weighted by molar-refractivity contribution is -0.134. The number of hydrogen-bond donors (Lipinski definition) is 1. The molecular formula is C15H16ClNO3. The molecule has 2 aromatic rings. The maximum Gasteiger partial charge on any atom is 0.263 e. The Kier molecular flexibility index (Phi) is 4.35. The third kappa shape index (κ3) is 3.78. The van der Waals surface area contributed by atoms with Crippen LogP contribution in [0.5, 0.6) is 5.75 Å². The number of nitrogens with one attached hydrogen (secondary N) is 1. The highest BCUT2D eigenvalue weighted by Crippen LogP contribution is 2.21. The molecular weight excluding hydrogens is 278 g/mol. The molecule has 0 aliphatic carbocycles. The maximum absolute atomic E-state index is 12.1. The zero-order valence-corrected chi connectivity index (χ0v) is 12.1. The van der Waals surface area contributed by atoms with Crippen molar-refractivity contribution in [1.82, 2.24) is 5.32 Å². The summed E-state index contributed by atoms with van der Waals surface area (Å²) < 4.78 is 10.6. The first kappa shape index (κ1) is 14.5. The Hall–Kier alpha value is -1.94. The van der Waals surface area contributed by atoms with Gasteiger partial charge in [0.1, 0.15) is 5.75 Å². The third-order valence-corrected chi connectivity index (χ3v) is 3.02. The number of ether oxygens (including phenoxy) is 1. The molecule has 0 saturated heterocycles. The lowest BCUT2D eigenvalue weighted by Gasteiger charge is -2.25. The molecule has 0 atom stereocenters. The van der Waals surface area contributed by atoms with Gasteiger partial charge in [0.05, 0.1) is 12.5 Å². The van der Waals surface area contributed by atoms with Crippen molar-refractivity contribution >= 4 is 17.5 Å². The Morgan fingerprint density at radius 2 is 2.00 bits per heavy atom. The molecule has 0 unspecified atom stereocenters. The van der Waals surface area contributed by atoms with Crippen LogP contribution in [-0.4, -0.2) is 11.5 Å². The molecule has 0 bridgehead atoms. The molecule has 0 spiro atoms. The Labute approximate surface area is 122 Å². The van der Waals surface area contributed by atoms with Crippen LogP contribution in [0.3, 0.4) is 0 Å². The lowest BCUT2D eigenvalue weighted by atomic mass is 10.1. The fraction of sp³-hybridized carbons (Fsp3) is 0.267. The average Bonchev–Trinajstić information content (AvgIpc) is 2.91. The largest absolute Gasteiger partial charge is 0.478 e. The number of amides is 1. The van der Waals surface area contributed by atoms with E-state index in [4.69, 9.17) is 20.8 Å². The molecule has 5 heteroatoms. The summed E-state index contributed by atoms with van der Waals surface area (Å²) in [6.45, 7) is 3.83. The number of benzene rings is 1. The average molecular weight is 294 g/mol. The first-order valence-electron chi connectivity index (χ1n) is 6.21. The summed E-state index contributed by atoms with van der Waals surface area (Å²) in [5.74, 6) is 0.395. The van der Waals surface area contributed by atoms with Gasteiger partial charge in [-0.25, -0.2) is 0 Å². The molecule has 20 heavy (non-hydrogen) atoms. The van der Waals surface area contributed by atoms with Gasteiger partial charge in [0, 0.05) is 17.1 Å². The normalized spacial score (nSPS) is 11.2. The Morgan fingerprint density at radius 3 is 2.60 bits per heavy atom. The zero-order valence-electron chi connectivity index (χ0n) is 11.4. The van der Waals surface area contributed by atoms with Gasteiger partial charge in [-0.3, -0.25) is 4.79 Å². The standard InChI is InChI=1S/C15H16ClNO3/c1-15(2,20-13-5-3-12(16)4-6-13)14(18)17-9-11-7-8-19-10-11/h3-8,10H,9H2,1-2H3,(H,17,18). The third-order valence-electron chi connectivity index (χ3n) is 2.77. The molecule has 1 amide bonds. The number of carbonyl (C=O) groups excluding carboxylic acids is 1. The van der Waals surface area contributed by atoms with E-state index in [-0.39, 0.29) is 5.91 Å². The highest BCUT2D eigenvalue weighted by Gasteiger charge is 2.29. The van der Waals surface area contributed by atoms with Gasteiger partial charge in [-0.1, -0.05) is 11.6 Å². The van der Waals surface area contributed by atoms with Crippen LogP contribution in [0.4, 0.5) is 0 Å². The SMILES string of the molecule is CC(C)(Oc1ccc(Cl)cc1)C(=O)NCc1ccoc1. The number of furan rings is 1. The van der Waals surface area contributed by atoms with Gasteiger partial charge in [0.15, 0.2) is 5.60 Å². The van der Waals surface area contributed by atoms with Crippen LogP contribution in [0, 0.1) is 0 Å². The van der Waals surface area contributed by atoms with Gasteiger partial charge in [-0.05, 0) is 44.2 Å². The van der Waals surface area contributed by atoms with E-state index in [1.165, 1.54) is 0 Å². The van der Waals surface area contributed by atoms with Crippen molar-refractivity contribution in [3.05, 3.63) is 53.4 Å². The fourth-order valence-electron chi connectivity index (χ4n) is 1.63. The van der Waals surface area contributed by atoms with E-state index < -0.39 is 5.60 Å². The van der Waals surface area contributed by atoms with Crippen LogP contribution in [0.2, 0.25) is 5.02 Å². The van der Waals surface area contributed by atoms with Crippen LogP contribution in [0.1, 0.15) is 19.4 Å². The zero-order chi connectivity index (χ0) is 14.6. The quantitative estimate of drug-likeness (QED) is 0.919. The van der Waals surface area contributed by atoms with Crippen molar-refractivity contribution in [3.63, 3.8) is 0 Å². The van der Waals surface area contributed by atoms with E-state index in [0.717, 1.165) is 5.56 Å². The van der Waals surface area contributed by atoms with Crippen molar-refractivity contribution in [1.29, 1.82) is 0 Å². The number of halogens is 1. The van der Waals surface area contributed by atoms with Crippen molar-refractivity contribution in [3.8, 4) is 5.75 Å². The molecule has 1 aromatic carbocycles. The Balaban J connectivity index is 1.94. The van der Waals surface area contributed by atoms with Crippen LogP contribution in [0.15, 0.2) is 47.3 Å². The monoisotopic (exact) mass is 293 g/mol. The predicted molar refractivity (Wildman–Crippen MR) is 76.7 cm³/mol. The highest BCUT2D eigenvalue weighted by atomic mass is 35.5. The number of rotatable bonds is 5. The van der Waals surface area contributed by atoms with Crippen molar-refractivity contribution in [2.24, 2.45) is 0 Å². The summed E-state index contributed by atoms with van der Waals surface area (Å²) >= 11 is 5.81. The molecule has 0 aliphatic heterocycles. The molecule has 0 aliphatic rings. The molecule has 1 N–H and O–H groups in total. The molecule has 0 saturated carbocycles. The minimum Gasteiger partial charge on any atom is -0.478 e. The van der Waals surface area contributed by atoms with Crippen molar-refractivity contribution in [2.45, 2.75) is 26.0 Å². The van der Waals surface area contributed by atoms with Crippen LogP contribution in [0.25, 0.3) is 0 Å². The highest BCUT2D eigenvalue weighted by molar-refractivity contribution is 6.30. The summed E-state index contributed by atoms with van der Waals surface area (Å²) in [7, 11) is 0. The number of carbonyl (C=O) groups is 1.